The summed E-state index contributed by atoms with van der Waals surface area (Å²) in [7, 11) is 0. The Bertz CT molecular complexity index is 2670. The van der Waals surface area contributed by atoms with E-state index in [9.17, 15) is 9.59 Å². The van der Waals surface area contributed by atoms with Crippen LogP contribution < -0.4 is 21.7 Å². The molecule has 2 unspecified atom stereocenters. The zero-order valence-electron chi connectivity index (χ0n) is 37.8. The van der Waals surface area contributed by atoms with Crippen molar-refractivity contribution in [3.63, 3.8) is 0 Å². The SMILES string of the molecule is CCCn1cc2c(C3C(=O)Nc4ccc(Br)cc43)nc(Cl)nc2n1.CCCn1cc2c(C3C(=O)Nc4ccc(Br)cc43)nc(NCCCN3CCOCC3)nc2n1.NCCCN1CCOCC1. The first-order chi connectivity index (χ1) is 32.6. The van der Waals surface area contributed by atoms with Gasteiger partial charge in [-0.15, -0.1) is 0 Å². The number of carbonyl (C=O) groups excluding carboxylic acids is 2. The Morgan fingerprint density at radius 2 is 1.19 bits per heavy atom. The van der Waals surface area contributed by atoms with E-state index in [1.54, 1.807) is 0 Å². The van der Waals surface area contributed by atoms with E-state index in [1.165, 1.54) is 0 Å². The molecule has 0 aliphatic carbocycles. The zero-order chi connectivity index (χ0) is 46.9. The van der Waals surface area contributed by atoms with Crippen LogP contribution in [0.15, 0.2) is 57.7 Å². The van der Waals surface area contributed by atoms with E-state index in [4.69, 9.17) is 31.8 Å². The lowest BCUT2D eigenvalue weighted by Crippen LogP contribution is -2.37. The predicted octanol–water partition coefficient (Wildman–Crippen LogP) is 6.62. The number of nitrogens with two attached hydrogens (primary N) is 1. The molecule has 18 nitrogen and oxygen atoms in total. The van der Waals surface area contributed by atoms with Gasteiger partial charge in [-0.2, -0.15) is 20.2 Å². The maximum atomic E-state index is 13.0. The third kappa shape index (κ3) is 12.0. The highest BCUT2D eigenvalue weighted by molar-refractivity contribution is 9.10. The van der Waals surface area contributed by atoms with Crippen molar-refractivity contribution < 1.29 is 19.1 Å². The van der Waals surface area contributed by atoms with Crippen molar-refractivity contribution in [2.75, 3.05) is 94.7 Å². The fraction of sp³-hybridized carbons (Fsp3) is 0.478. The number of hydrogen-bond donors (Lipinski definition) is 4. The van der Waals surface area contributed by atoms with Crippen LogP contribution in [0.25, 0.3) is 22.1 Å². The van der Waals surface area contributed by atoms with Crippen molar-refractivity contribution in [3.8, 4) is 0 Å². The van der Waals surface area contributed by atoms with Gasteiger partial charge in [0.2, 0.25) is 23.0 Å². The number of aromatic nitrogens is 8. The van der Waals surface area contributed by atoms with Gasteiger partial charge in [-0.3, -0.25) is 28.8 Å². The van der Waals surface area contributed by atoms with Crippen LogP contribution >= 0.6 is 43.5 Å². The Morgan fingerprint density at radius 1 is 0.701 bits per heavy atom. The highest BCUT2D eigenvalue weighted by Gasteiger charge is 2.37. The van der Waals surface area contributed by atoms with Crippen LogP contribution in [0.1, 0.15) is 73.9 Å². The zero-order valence-corrected chi connectivity index (χ0v) is 41.7. The molecule has 0 spiro atoms. The van der Waals surface area contributed by atoms with Crippen LogP contribution in [-0.4, -0.2) is 140 Å². The predicted molar refractivity (Wildman–Crippen MR) is 267 cm³/mol. The highest BCUT2D eigenvalue weighted by atomic mass is 79.9. The minimum absolute atomic E-state index is 0.0791. The lowest BCUT2D eigenvalue weighted by atomic mass is 9.95. The maximum Gasteiger partial charge on any atom is 0.238 e. The smallest absolute Gasteiger partial charge is 0.238 e. The van der Waals surface area contributed by atoms with Gasteiger partial charge >= 0.3 is 0 Å². The van der Waals surface area contributed by atoms with Gasteiger partial charge in [0.05, 0.1) is 48.6 Å². The number of morpholine rings is 2. The fourth-order valence-corrected chi connectivity index (χ4v) is 9.53. The number of nitrogens with zero attached hydrogens (tertiary/aromatic N) is 10. The molecule has 4 aromatic heterocycles. The van der Waals surface area contributed by atoms with Crippen molar-refractivity contribution in [1.82, 2.24) is 49.3 Å². The number of hydrogen-bond acceptors (Lipinski definition) is 14. The van der Waals surface area contributed by atoms with Crippen molar-refractivity contribution in [2.24, 2.45) is 5.73 Å². The van der Waals surface area contributed by atoms with E-state index in [1.807, 2.05) is 58.2 Å². The molecule has 0 radical (unpaired) electrons. The molecular weight excluding hydrogens is 1010 g/mol. The van der Waals surface area contributed by atoms with Crippen LogP contribution in [0.2, 0.25) is 5.28 Å². The minimum Gasteiger partial charge on any atom is -0.379 e. The van der Waals surface area contributed by atoms with E-state index in [0.29, 0.717) is 28.6 Å². The molecule has 2 saturated heterocycles. The lowest BCUT2D eigenvalue weighted by molar-refractivity contribution is -0.117. The van der Waals surface area contributed by atoms with Crippen molar-refractivity contribution >= 4 is 94.7 Å². The van der Waals surface area contributed by atoms with Crippen LogP contribution in [0.4, 0.5) is 17.3 Å². The lowest BCUT2D eigenvalue weighted by Gasteiger charge is -2.26. The minimum atomic E-state index is -0.528. The van der Waals surface area contributed by atoms with E-state index in [-0.39, 0.29) is 17.1 Å². The summed E-state index contributed by atoms with van der Waals surface area (Å²) in [6, 6.07) is 11.5. The Balaban J connectivity index is 0.000000156. The van der Waals surface area contributed by atoms with Gasteiger partial charge in [-0.1, -0.05) is 45.7 Å². The highest BCUT2D eigenvalue weighted by Crippen LogP contribution is 2.42. The summed E-state index contributed by atoms with van der Waals surface area (Å²) in [4.78, 5) is 48.4. The largest absolute Gasteiger partial charge is 0.379 e. The van der Waals surface area contributed by atoms with Gasteiger partial charge in [-0.25, -0.2) is 9.97 Å². The number of carbonyl (C=O) groups is 2. The number of nitrogens with one attached hydrogen (secondary N) is 3. The summed E-state index contributed by atoms with van der Waals surface area (Å²) >= 11 is 13.1. The third-order valence-electron chi connectivity index (χ3n) is 11.8. The molecule has 356 valence electrons. The summed E-state index contributed by atoms with van der Waals surface area (Å²) in [5, 5.41) is 20.0. The van der Waals surface area contributed by atoms with Gasteiger partial charge in [0.15, 0.2) is 11.3 Å². The molecule has 2 fully saturated rings. The summed E-state index contributed by atoms with van der Waals surface area (Å²) < 4.78 is 16.2. The summed E-state index contributed by atoms with van der Waals surface area (Å²) in [5.41, 5.74) is 11.2. The Hall–Kier alpha value is -4.67. The Labute approximate surface area is 411 Å². The number of anilines is 3. The summed E-state index contributed by atoms with van der Waals surface area (Å²) in [6.07, 6.45) is 7.83. The first kappa shape index (κ1) is 48.8. The first-order valence-electron chi connectivity index (χ1n) is 23.0. The number of ether oxygens (including phenoxy) is 2. The molecule has 4 aliphatic rings. The Morgan fingerprint density at radius 3 is 1.70 bits per heavy atom. The first-order valence-corrected chi connectivity index (χ1v) is 25.0. The second-order valence-electron chi connectivity index (χ2n) is 16.7. The number of halogens is 3. The molecule has 8 heterocycles. The van der Waals surface area contributed by atoms with E-state index in [2.05, 4.69) is 96.6 Å². The number of rotatable bonds is 14. The second kappa shape index (κ2) is 23.1. The molecule has 4 aliphatic heterocycles. The molecule has 2 amide bonds. The molecule has 0 bridgehead atoms. The van der Waals surface area contributed by atoms with Gasteiger partial charge in [0.1, 0.15) is 11.8 Å². The fourth-order valence-electron chi connectivity index (χ4n) is 8.60. The Kier molecular flexibility index (Phi) is 16.8. The maximum absolute atomic E-state index is 13.0. The van der Waals surface area contributed by atoms with Crippen LogP contribution in [0.3, 0.4) is 0 Å². The number of amides is 2. The number of benzene rings is 2. The van der Waals surface area contributed by atoms with Crippen molar-refractivity contribution in [3.05, 3.63) is 85.5 Å². The molecule has 2 atom stereocenters. The van der Waals surface area contributed by atoms with E-state index >= 15 is 0 Å². The van der Waals surface area contributed by atoms with Crippen molar-refractivity contribution in [1.29, 1.82) is 0 Å². The van der Waals surface area contributed by atoms with Gasteiger partial charge in [0, 0.05) is 78.5 Å². The molecule has 5 N–H and O–H groups in total. The average molecular weight is 1070 g/mol. The molecule has 21 heteroatoms. The monoisotopic (exact) mass is 1060 g/mol. The van der Waals surface area contributed by atoms with Gasteiger partial charge < -0.3 is 31.2 Å². The van der Waals surface area contributed by atoms with Crippen LogP contribution in [-0.2, 0) is 32.2 Å². The topological polar surface area (TPSA) is 208 Å². The van der Waals surface area contributed by atoms with Crippen LogP contribution in [0, 0.1) is 0 Å². The van der Waals surface area contributed by atoms with Gasteiger partial charge in [-0.05, 0) is 104 Å². The molecule has 6 aromatic rings. The van der Waals surface area contributed by atoms with E-state index in [0.717, 1.165) is 160 Å². The number of aryl methyl sites for hydroxylation is 2. The van der Waals surface area contributed by atoms with Crippen LogP contribution in [0.5, 0.6) is 0 Å². The molecular formula is C46H57Br2ClN14O4. The van der Waals surface area contributed by atoms with Gasteiger partial charge in [0.25, 0.3) is 0 Å². The summed E-state index contributed by atoms with van der Waals surface area (Å²) in [5.74, 6) is -0.722. The molecule has 10 rings (SSSR count). The summed E-state index contributed by atoms with van der Waals surface area (Å²) in [6.45, 7) is 17.0. The third-order valence-corrected chi connectivity index (χ3v) is 13.0. The second-order valence-corrected chi connectivity index (χ2v) is 18.9. The molecule has 67 heavy (non-hydrogen) atoms. The number of fused-ring (bicyclic) bond motifs is 4. The standard InChI is InChI=1S/C23H28BrN7O2.C16H13BrClN5O.C7H16N2O/c1-2-7-31-14-17-20(19-16-13-15(24)4-5-18(16)26-22(19)32)27-23(28-21(17)29-31)25-6-3-8-30-9-11-33-12-10-30;1-2-5-23-7-10-13(20-16(18)21-14(10)22-23)12-9-6-8(17)3-4-11(9)19-15(12)24;8-2-1-3-9-4-6-10-7-5-9/h4-5,13-14,19H,2-3,6-12H2,1H3,(H,26,32)(H,25,28,29);3-4,6-7,12H,2,5H2,1H3,(H,19,24);1-8H2. The van der Waals surface area contributed by atoms with Crippen molar-refractivity contribution in [2.45, 2.75) is 64.5 Å². The quantitative estimate of drug-likeness (QED) is 0.0668. The van der Waals surface area contributed by atoms with E-state index < -0.39 is 11.8 Å². The normalized spacial score (nSPS) is 18.2. The molecule has 2 aromatic carbocycles. The average Bonchev–Trinajstić information content (AvgIpc) is 4.09. The molecule has 0 saturated carbocycles.